The van der Waals surface area contributed by atoms with Crippen LogP contribution in [0, 0.1) is 11.3 Å². The number of anilines is 4. The van der Waals surface area contributed by atoms with Gasteiger partial charge in [-0.2, -0.15) is 28.4 Å². The lowest BCUT2D eigenvalue weighted by atomic mass is 9.87. The van der Waals surface area contributed by atoms with Crippen molar-refractivity contribution in [3.8, 4) is 12.1 Å². The molecule has 1 fully saturated rings. The van der Waals surface area contributed by atoms with E-state index in [1.54, 1.807) is 35.7 Å². The number of ether oxygens (including phenoxy) is 1. The van der Waals surface area contributed by atoms with Crippen molar-refractivity contribution in [2.75, 3.05) is 48.5 Å². The zero-order valence-corrected chi connectivity index (χ0v) is 21.8. The van der Waals surface area contributed by atoms with Crippen molar-refractivity contribution in [1.82, 2.24) is 15.0 Å². The maximum atomic E-state index is 14.6. The van der Waals surface area contributed by atoms with Crippen LogP contribution in [0.3, 0.4) is 0 Å². The summed E-state index contributed by atoms with van der Waals surface area (Å²) in [7, 11) is 2.82. The van der Waals surface area contributed by atoms with Gasteiger partial charge in [-0.3, -0.25) is 0 Å². The number of halogens is 3. The smallest absolute Gasteiger partial charge is 0.423 e. The molecule has 14 heteroatoms. The van der Waals surface area contributed by atoms with Crippen LogP contribution in [0.25, 0.3) is 0 Å². The van der Waals surface area contributed by atoms with Crippen LogP contribution in [0.1, 0.15) is 40.1 Å². The average molecular weight is 549 g/mol. The lowest BCUT2D eigenvalue weighted by Gasteiger charge is -2.49. The van der Waals surface area contributed by atoms with Crippen LogP contribution in [0.4, 0.5) is 35.6 Å². The Morgan fingerprint density at radius 1 is 1.30 bits per heavy atom. The van der Waals surface area contributed by atoms with Gasteiger partial charge in [0.2, 0.25) is 0 Å². The number of fused-ring (bicyclic) bond motifs is 2. The van der Waals surface area contributed by atoms with Crippen molar-refractivity contribution >= 4 is 45.6 Å². The highest BCUT2D eigenvalue weighted by Gasteiger charge is 2.54. The minimum atomic E-state index is -4.76. The predicted molar refractivity (Wildman–Crippen MR) is 138 cm³/mol. The molecule has 5 heterocycles. The topological polar surface area (TPSA) is 130 Å². The van der Waals surface area contributed by atoms with E-state index in [0.717, 1.165) is 10.4 Å². The number of nitrogens with two attached hydrogens (primary N) is 2. The number of rotatable bonds is 5. The van der Waals surface area contributed by atoms with Gasteiger partial charge in [0, 0.05) is 48.1 Å². The lowest BCUT2D eigenvalue weighted by molar-refractivity contribution is -0.137. The van der Waals surface area contributed by atoms with Crippen LogP contribution >= 0.6 is 23.1 Å². The standard InChI is InChI=1S/C23H23F3N8OS2/c1-11(12-5-4-6-30-17(12)28)33(2)19-16(23(24,25)26)20(32-21(31-19)35-3)34-9-22(10-34)15-13(7-27)18(29)37-14(15)8-36-22/h4-6,11H,8-10,29H2,1-3H3,(H2,28,30). The molecular weight excluding hydrogens is 525 g/mol. The number of methoxy groups -OCH3 is 1. The molecule has 194 valence electrons. The fourth-order valence-corrected chi connectivity index (χ4v) is 7.67. The van der Waals surface area contributed by atoms with Crippen molar-refractivity contribution in [2.45, 2.75) is 29.6 Å². The third-order valence-corrected chi connectivity index (χ3v) is 9.45. The summed E-state index contributed by atoms with van der Waals surface area (Å²) in [5.41, 5.74) is 12.9. The Morgan fingerprint density at radius 3 is 2.65 bits per heavy atom. The van der Waals surface area contributed by atoms with Crippen LogP contribution in [-0.2, 0) is 16.7 Å². The molecule has 1 spiro atoms. The molecule has 1 atom stereocenters. The summed E-state index contributed by atoms with van der Waals surface area (Å²) in [5.74, 6) is 0.285. The van der Waals surface area contributed by atoms with E-state index in [4.69, 9.17) is 16.2 Å². The second kappa shape index (κ2) is 8.84. The Hall–Kier alpha value is -3.44. The summed E-state index contributed by atoms with van der Waals surface area (Å²) < 4.78 is 48.6. The second-order valence-electron chi connectivity index (χ2n) is 8.89. The fraction of sp³-hybridized carbons (Fsp3) is 0.391. The quantitative estimate of drug-likeness (QED) is 0.479. The number of hydrogen-bond donors (Lipinski definition) is 2. The van der Waals surface area contributed by atoms with Gasteiger partial charge >= 0.3 is 12.2 Å². The number of thioether (sulfide) groups is 1. The van der Waals surface area contributed by atoms with Crippen LogP contribution in [0.5, 0.6) is 6.01 Å². The molecule has 0 aliphatic carbocycles. The first-order valence-corrected chi connectivity index (χ1v) is 13.0. The molecule has 37 heavy (non-hydrogen) atoms. The number of hydrogen-bond acceptors (Lipinski definition) is 11. The predicted octanol–water partition coefficient (Wildman–Crippen LogP) is 4.16. The molecule has 2 aliphatic rings. The molecule has 0 amide bonds. The number of alkyl halides is 3. The van der Waals surface area contributed by atoms with Gasteiger partial charge in [-0.05, 0) is 13.0 Å². The highest BCUT2D eigenvalue weighted by atomic mass is 32.2. The number of aromatic nitrogens is 3. The van der Waals surface area contributed by atoms with E-state index in [-0.39, 0.29) is 36.6 Å². The van der Waals surface area contributed by atoms with Crippen molar-refractivity contribution in [3.63, 3.8) is 0 Å². The molecule has 0 saturated carbocycles. The van der Waals surface area contributed by atoms with E-state index in [9.17, 15) is 18.4 Å². The van der Waals surface area contributed by atoms with E-state index in [0.29, 0.717) is 21.9 Å². The highest BCUT2D eigenvalue weighted by Crippen LogP contribution is 2.59. The molecule has 0 aromatic carbocycles. The summed E-state index contributed by atoms with van der Waals surface area (Å²) in [4.78, 5) is 16.3. The monoisotopic (exact) mass is 548 g/mol. The second-order valence-corrected chi connectivity index (χ2v) is 11.4. The third kappa shape index (κ3) is 3.97. The van der Waals surface area contributed by atoms with Gasteiger partial charge in [0.05, 0.1) is 23.5 Å². The molecule has 9 nitrogen and oxygen atoms in total. The molecule has 0 bridgehead atoms. The van der Waals surface area contributed by atoms with Crippen LogP contribution in [-0.4, -0.2) is 42.2 Å². The molecule has 2 aliphatic heterocycles. The minimum Gasteiger partial charge on any atom is -0.467 e. The van der Waals surface area contributed by atoms with Crippen molar-refractivity contribution < 1.29 is 17.9 Å². The summed E-state index contributed by atoms with van der Waals surface area (Å²) in [6.45, 7) is 2.21. The van der Waals surface area contributed by atoms with Gasteiger partial charge in [-0.25, -0.2) is 4.98 Å². The van der Waals surface area contributed by atoms with Gasteiger partial charge in [-0.15, -0.1) is 23.1 Å². The maximum Gasteiger partial charge on any atom is 0.423 e. The number of nitrogen functional groups attached to an aromatic ring is 2. The number of nitriles is 1. The Balaban J connectivity index is 1.57. The molecular formula is C23H23F3N8OS2. The molecule has 5 rings (SSSR count). The van der Waals surface area contributed by atoms with E-state index in [1.165, 1.54) is 36.6 Å². The lowest BCUT2D eigenvalue weighted by Crippen LogP contribution is -2.57. The Kier molecular flexibility index (Phi) is 6.03. The first-order valence-electron chi connectivity index (χ1n) is 11.2. The van der Waals surface area contributed by atoms with Crippen molar-refractivity contribution in [3.05, 3.63) is 45.5 Å². The largest absolute Gasteiger partial charge is 0.467 e. The van der Waals surface area contributed by atoms with Crippen LogP contribution < -0.4 is 26.0 Å². The van der Waals surface area contributed by atoms with E-state index in [2.05, 4.69) is 21.0 Å². The van der Waals surface area contributed by atoms with Crippen molar-refractivity contribution in [2.24, 2.45) is 0 Å². The normalized spacial score (nSPS) is 16.7. The molecule has 4 N–H and O–H groups in total. The van der Waals surface area contributed by atoms with Gasteiger partial charge < -0.3 is 26.0 Å². The first-order chi connectivity index (χ1) is 17.5. The number of pyridine rings is 1. The number of nitrogens with zero attached hydrogens (tertiary/aromatic N) is 6. The fourth-order valence-electron chi connectivity index (χ4n) is 4.86. The van der Waals surface area contributed by atoms with E-state index in [1.807, 2.05) is 0 Å². The average Bonchev–Trinajstić information content (AvgIpc) is 3.36. The summed E-state index contributed by atoms with van der Waals surface area (Å²) in [6.07, 6.45) is -3.24. The third-order valence-electron chi connectivity index (χ3n) is 6.80. The molecule has 1 unspecified atom stereocenters. The maximum absolute atomic E-state index is 14.6. The summed E-state index contributed by atoms with van der Waals surface area (Å²) >= 11 is 2.98. The zero-order valence-electron chi connectivity index (χ0n) is 20.1. The molecule has 3 aromatic rings. The molecule has 0 radical (unpaired) electrons. The first kappa shape index (κ1) is 25.2. The molecule has 1 saturated heterocycles. The van der Waals surface area contributed by atoms with Gasteiger partial charge in [0.15, 0.2) is 11.6 Å². The Morgan fingerprint density at radius 2 is 2.03 bits per heavy atom. The van der Waals surface area contributed by atoms with E-state index < -0.39 is 22.5 Å². The van der Waals surface area contributed by atoms with Crippen LogP contribution in [0.15, 0.2) is 18.3 Å². The number of thiophene rings is 1. The van der Waals surface area contributed by atoms with Gasteiger partial charge in [0.25, 0.3) is 0 Å². The highest BCUT2D eigenvalue weighted by molar-refractivity contribution is 8.00. The zero-order chi connectivity index (χ0) is 26.7. The van der Waals surface area contributed by atoms with Crippen LogP contribution in [0.2, 0.25) is 0 Å². The molecule has 3 aromatic heterocycles. The summed E-state index contributed by atoms with van der Waals surface area (Å²) in [5, 5.41) is 10.1. The SMILES string of the molecule is COc1nc(N2CC3(C2)SCc2sc(N)c(C#N)c23)c(C(F)(F)F)c(N(C)C(C)c2cccnc2N)n1. The van der Waals surface area contributed by atoms with Crippen molar-refractivity contribution in [1.29, 1.82) is 5.26 Å². The minimum absolute atomic E-state index is 0.186. The van der Waals surface area contributed by atoms with E-state index >= 15 is 0 Å². The van der Waals surface area contributed by atoms with Gasteiger partial charge in [-0.1, -0.05) is 6.07 Å². The Bertz CT molecular complexity index is 1410. The summed E-state index contributed by atoms with van der Waals surface area (Å²) in [6, 6.07) is 4.79. The van der Waals surface area contributed by atoms with Gasteiger partial charge in [0.1, 0.15) is 22.5 Å². The Labute approximate surface area is 219 Å².